The van der Waals surface area contributed by atoms with E-state index in [9.17, 15) is 4.79 Å². The molecule has 0 aromatic heterocycles. The fourth-order valence-corrected chi connectivity index (χ4v) is 3.56. The molecule has 1 heterocycles. The first-order valence-corrected chi connectivity index (χ1v) is 9.78. The van der Waals surface area contributed by atoms with Gasteiger partial charge in [-0.15, -0.1) is 0 Å². The van der Waals surface area contributed by atoms with Gasteiger partial charge in [0.1, 0.15) is 0 Å². The number of aryl methyl sites for hydroxylation is 1. The number of amides is 1. The third-order valence-corrected chi connectivity index (χ3v) is 5.44. The molecule has 0 bridgehead atoms. The topological polar surface area (TPSA) is 60.0 Å². The number of likely N-dealkylation sites (tertiary alicyclic amines) is 1. The van der Waals surface area contributed by atoms with Crippen molar-refractivity contribution in [2.45, 2.75) is 45.6 Å². The molecule has 27 heavy (non-hydrogen) atoms. The second-order valence-electron chi connectivity index (χ2n) is 7.37. The van der Waals surface area contributed by atoms with Crippen LogP contribution in [0.4, 0.5) is 0 Å². The molecular weight excluding hydrogens is 344 g/mol. The number of nitrogens with one attached hydrogen (secondary N) is 1. The third kappa shape index (κ3) is 5.76. The monoisotopic (exact) mass is 378 g/mol. The number of nitrogens with zero attached hydrogens (tertiary/aromatic N) is 1. The van der Waals surface area contributed by atoms with Gasteiger partial charge < -0.3 is 19.5 Å². The van der Waals surface area contributed by atoms with Gasteiger partial charge in [-0.05, 0) is 56.8 Å². The van der Waals surface area contributed by atoms with Crippen LogP contribution < -0.4 is 19.5 Å². The standard InChI is InChI=1S/C21H34N2O4/c1-15-10-12-23(13-11-15)16(2)14-22-19(24)9-7-17-6-8-18(25-3)21(27-5)20(17)26-4/h6,8,15-16H,7,9-14H2,1-5H3,(H,22,24)/t16-/m0/s1. The summed E-state index contributed by atoms with van der Waals surface area (Å²) in [4.78, 5) is 14.8. The summed E-state index contributed by atoms with van der Waals surface area (Å²) in [5.74, 6) is 2.68. The summed E-state index contributed by atoms with van der Waals surface area (Å²) in [6.07, 6.45) is 3.50. The minimum atomic E-state index is 0.0593. The molecule has 1 saturated heterocycles. The number of rotatable bonds is 9. The Kier molecular flexibility index (Phi) is 8.23. The van der Waals surface area contributed by atoms with Gasteiger partial charge in [0, 0.05) is 19.0 Å². The normalized spacial score (nSPS) is 16.6. The molecule has 1 atom stereocenters. The van der Waals surface area contributed by atoms with E-state index in [1.54, 1.807) is 21.3 Å². The largest absolute Gasteiger partial charge is 0.493 e. The van der Waals surface area contributed by atoms with Crippen molar-refractivity contribution in [2.75, 3.05) is 41.0 Å². The molecule has 1 fully saturated rings. The minimum Gasteiger partial charge on any atom is -0.493 e. The van der Waals surface area contributed by atoms with E-state index < -0.39 is 0 Å². The van der Waals surface area contributed by atoms with Gasteiger partial charge in [-0.1, -0.05) is 13.0 Å². The Hall–Kier alpha value is -1.95. The van der Waals surface area contributed by atoms with E-state index in [4.69, 9.17) is 14.2 Å². The Labute approximate surface area is 163 Å². The molecule has 1 amide bonds. The number of methoxy groups -OCH3 is 3. The van der Waals surface area contributed by atoms with Crippen LogP contribution in [-0.4, -0.2) is 57.8 Å². The van der Waals surface area contributed by atoms with E-state index in [1.807, 2.05) is 12.1 Å². The number of piperidine rings is 1. The highest BCUT2D eigenvalue weighted by atomic mass is 16.5. The Morgan fingerprint density at radius 3 is 2.41 bits per heavy atom. The number of benzene rings is 1. The molecule has 0 aliphatic carbocycles. The van der Waals surface area contributed by atoms with Crippen LogP contribution in [0.3, 0.4) is 0 Å². The lowest BCUT2D eigenvalue weighted by molar-refractivity contribution is -0.121. The van der Waals surface area contributed by atoms with E-state index in [1.165, 1.54) is 12.8 Å². The quantitative estimate of drug-likeness (QED) is 0.716. The molecule has 1 aromatic carbocycles. The summed E-state index contributed by atoms with van der Waals surface area (Å²) in [6, 6.07) is 4.14. The zero-order valence-corrected chi connectivity index (χ0v) is 17.3. The predicted molar refractivity (Wildman–Crippen MR) is 107 cm³/mol. The molecule has 6 nitrogen and oxygen atoms in total. The third-order valence-electron chi connectivity index (χ3n) is 5.44. The SMILES string of the molecule is COc1ccc(CCC(=O)NC[C@H](C)N2CCC(C)CC2)c(OC)c1OC. The molecular formula is C21H34N2O4. The average Bonchev–Trinajstić information content (AvgIpc) is 2.69. The highest BCUT2D eigenvalue weighted by Crippen LogP contribution is 2.40. The van der Waals surface area contributed by atoms with E-state index in [-0.39, 0.29) is 5.91 Å². The molecule has 1 aliphatic heterocycles. The van der Waals surface area contributed by atoms with Crippen molar-refractivity contribution >= 4 is 5.91 Å². The number of carbonyl (C=O) groups is 1. The molecule has 2 rings (SSSR count). The molecule has 1 aliphatic rings. The van der Waals surface area contributed by atoms with Crippen molar-refractivity contribution in [1.82, 2.24) is 10.2 Å². The van der Waals surface area contributed by atoms with E-state index in [2.05, 4.69) is 24.1 Å². The average molecular weight is 379 g/mol. The fraction of sp³-hybridized carbons (Fsp3) is 0.667. The lowest BCUT2D eigenvalue weighted by Gasteiger charge is -2.35. The number of carbonyl (C=O) groups excluding carboxylic acids is 1. The zero-order chi connectivity index (χ0) is 19.8. The summed E-state index contributed by atoms with van der Waals surface area (Å²) >= 11 is 0. The second-order valence-corrected chi connectivity index (χ2v) is 7.37. The van der Waals surface area contributed by atoms with Crippen LogP contribution >= 0.6 is 0 Å². The van der Waals surface area contributed by atoms with Gasteiger partial charge in [0.05, 0.1) is 21.3 Å². The van der Waals surface area contributed by atoms with Crippen LogP contribution in [0.5, 0.6) is 17.2 Å². The fourth-order valence-electron chi connectivity index (χ4n) is 3.56. The first-order valence-electron chi connectivity index (χ1n) is 9.78. The van der Waals surface area contributed by atoms with Crippen molar-refractivity contribution in [3.05, 3.63) is 17.7 Å². The zero-order valence-electron chi connectivity index (χ0n) is 17.3. The Bertz CT molecular complexity index is 612. The maximum atomic E-state index is 12.3. The van der Waals surface area contributed by atoms with Gasteiger partial charge in [-0.3, -0.25) is 9.69 Å². The van der Waals surface area contributed by atoms with E-state index >= 15 is 0 Å². The molecule has 0 radical (unpaired) electrons. The lowest BCUT2D eigenvalue weighted by atomic mass is 9.98. The summed E-state index contributed by atoms with van der Waals surface area (Å²) in [5.41, 5.74) is 0.934. The Morgan fingerprint density at radius 1 is 1.15 bits per heavy atom. The number of hydrogen-bond donors (Lipinski definition) is 1. The molecule has 0 spiro atoms. The summed E-state index contributed by atoms with van der Waals surface area (Å²) in [5, 5.41) is 3.07. The van der Waals surface area contributed by atoms with Crippen LogP contribution in [0.15, 0.2) is 12.1 Å². The van der Waals surface area contributed by atoms with Crippen LogP contribution in [0.1, 0.15) is 38.7 Å². The summed E-state index contributed by atoms with van der Waals surface area (Å²) in [6.45, 7) is 7.44. The first kappa shape index (κ1) is 21.4. The minimum absolute atomic E-state index is 0.0593. The second kappa shape index (κ2) is 10.4. The van der Waals surface area contributed by atoms with Crippen LogP contribution in [-0.2, 0) is 11.2 Å². The molecule has 1 N–H and O–H groups in total. The van der Waals surface area contributed by atoms with E-state index in [0.717, 1.165) is 24.6 Å². The van der Waals surface area contributed by atoms with Gasteiger partial charge in [0.25, 0.3) is 0 Å². The van der Waals surface area contributed by atoms with Crippen molar-refractivity contribution < 1.29 is 19.0 Å². The molecule has 1 aromatic rings. The number of ether oxygens (including phenoxy) is 3. The van der Waals surface area contributed by atoms with Gasteiger partial charge in [0.15, 0.2) is 11.5 Å². The maximum absolute atomic E-state index is 12.3. The first-order chi connectivity index (χ1) is 13.0. The van der Waals surface area contributed by atoms with E-state index in [0.29, 0.717) is 42.7 Å². The van der Waals surface area contributed by atoms with Crippen LogP contribution in [0.25, 0.3) is 0 Å². The molecule has 0 unspecified atom stereocenters. The van der Waals surface area contributed by atoms with Gasteiger partial charge in [-0.25, -0.2) is 0 Å². The van der Waals surface area contributed by atoms with Gasteiger partial charge >= 0.3 is 0 Å². The maximum Gasteiger partial charge on any atom is 0.220 e. The summed E-state index contributed by atoms with van der Waals surface area (Å²) in [7, 11) is 4.77. The Morgan fingerprint density at radius 2 is 1.81 bits per heavy atom. The van der Waals surface area contributed by atoms with Crippen molar-refractivity contribution in [1.29, 1.82) is 0 Å². The molecule has 152 valence electrons. The van der Waals surface area contributed by atoms with Gasteiger partial charge in [0.2, 0.25) is 11.7 Å². The highest BCUT2D eigenvalue weighted by molar-refractivity contribution is 5.76. The van der Waals surface area contributed by atoms with Gasteiger partial charge in [-0.2, -0.15) is 0 Å². The number of hydrogen-bond acceptors (Lipinski definition) is 5. The van der Waals surface area contributed by atoms with Crippen molar-refractivity contribution in [3.8, 4) is 17.2 Å². The Balaban J connectivity index is 1.85. The van der Waals surface area contributed by atoms with Crippen molar-refractivity contribution in [2.24, 2.45) is 5.92 Å². The molecule has 6 heteroatoms. The summed E-state index contributed by atoms with van der Waals surface area (Å²) < 4.78 is 16.2. The van der Waals surface area contributed by atoms with Crippen LogP contribution in [0.2, 0.25) is 0 Å². The molecule has 0 saturated carbocycles. The lowest BCUT2D eigenvalue weighted by Crippen LogP contribution is -2.45. The van der Waals surface area contributed by atoms with Crippen molar-refractivity contribution in [3.63, 3.8) is 0 Å². The van der Waals surface area contributed by atoms with Crippen LogP contribution in [0, 0.1) is 5.92 Å². The highest BCUT2D eigenvalue weighted by Gasteiger charge is 2.21. The smallest absolute Gasteiger partial charge is 0.220 e. The predicted octanol–water partition coefficient (Wildman–Crippen LogP) is 2.88.